The van der Waals surface area contributed by atoms with E-state index < -0.39 is 18.1 Å². The molecule has 1 atom stereocenters. The molecule has 0 spiro atoms. The molecule has 1 amide bonds. The number of hydrogen-bond donors (Lipinski definition) is 5. The van der Waals surface area contributed by atoms with E-state index >= 15 is 0 Å². The van der Waals surface area contributed by atoms with Crippen LogP contribution in [0.1, 0.15) is 5.56 Å². The molecule has 100 valence electrons. The fraction of sp³-hybridized carbons (Fsp3) is 0.167. The van der Waals surface area contributed by atoms with Gasteiger partial charge in [0.05, 0.1) is 0 Å². The predicted octanol–water partition coefficient (Wildman–Crippen LogP) is 1.21. The first-order valence-corrected chi connectivity index (χ1v) is 5.55. The lowest BCUT2D eigenvalue weighted by molar-refractivity contribution is -0.138. The van der Waals surface area contributed by atoms with Crippen molar-refractivity contribution >= 4 is 28.7 Å². The zero-order chi connectivity index (χ0) is 14.0. The summed E-state index contributed by atoms with van der Waals surface area (Å²) >= 11 is 0. The zero-order valence-electron chi connectivity index (χ0n) is 9.88. The lowest BCUT2D eigenvalue weighted by atomic mass is 10.1. The van der Waals surface area contributed by atoms with Gasteiger partial charge in [0.25, 0.3) is 0 Å². The number of nitrogens with two attached hydrogens (primary N) is 1. The maximum atomic E-state index is 10.7. The molecule has 0 fully saturated rings. The highest BCUT2D eigenvalue weighted by atomic mass is 16.4. The summed E-state index contributed by atoms with van der Waals surface area (Å²) in [5.41, 5.74) is 7.45. The number of aliphatic carboxylic acids is 1. The Morgan fingerprint density at radius 1 is 1.37 bits per heavy atom. The first-order valence-electron chi connectivity index (χ1n) is 5.55. The molecular formula is C12H13N3O4. The Morgan fingerprint density at radius 3 is 2.74 bits per heavy atom. The fourth-order valence-corrected chi connectivity index (χ4v) is 1.87. The van der Waals surface area contributed by atoms with Gasteiger partial charge in [-0.1, -0.05) is 0 Å². The van der Waals surface area contributed by atoms with E-state index in [-0.39, 0.29) is 6.42 Å². The van der Waals surface area contributed by atoms with Crippen LogP contribution in [0.4, 0.5) is 10.5 Å². The number of rotatable bonds is 4. The molecule has 7 heteroatoms. The van der Waals surface area contributed by atoms with Gasteiger partial charge in [-0.25, -0.2) is 4.79 Å². The van der Waals surface area contributed by atoms with Crippen LogP contribution < -0.4 is 11.1 Å². The molecule has 2 rings (SSSR count). The minimum Gasteiger partial charge on any atom is -0.480 e. The van der Waals surface area contributed by atoms with Crippen LogP contribution in [0, 0.1) is 0 Å². The van der Waals surface area contributed by atoms with Crippen molar-refractivity contribution in [2.24, 2.45) is 5.73 Å². The Bertz CT molecular complexity index is 635. The number of H-pyrrole nitrogens is 1. The summed E-state index contributed by atoms with van der Waals surface area (Å²) in [6.45, 7) is 0. The van der Waals surface area contributed by atoms with Crippen LogP contribution >= 0.6 is 0 Å². The molecule has 1 aromatic carbocycles. The number of carbonyl (C=O) groups is 2. The Kier molecular flexibility index (Phi) is 3.39. The molecule has 0 saturated carbocycles. The highest BCUT2D eigenvalue weighted by molar-refractivity contribution is 5.91. The number of anilines is 1. The quantitative estimate of drug-likeness (QED) is 0.566. The van der Waals surface area contributed by atoms with Crippen LogP contribution in [0.5, 0.6) is 0 Å². The molecule has 0 aliphatic heterocycles. The Hall–Kier alpha value is -2.54. The number of aromatic amines is 1. The summed E-state index contributed by atoms with van der Waals surface area (Å²) in [5, 5.41) is 20.5. The van der Waals surface area contributed by atoms with Gasteiger partial charge in [-0.15, -0.1) is 0 Å². The molecule has 0 aliphatic rings. The number of fused-ring (bicyclic) bond motifs is 1. The number of hydrogen-bond acceptors (Lipinski definition) is 3. The van der Waals surface area contributed by atoms with E-state index in [1.165, 1.54) is 0 Å². The summed E-state index contributed by atoms with van der Waals surface area (Å²) in [5.74, 6) is -1.07. The fourth-order valence-electron chi connectivity index (χ4n) is 1.87. The number of aromatic nitrogens is 1. The first kappa shape index (κ1) is 12.9. The molecule has 2 aromatic rings. The molecule has 1 aromatic heterocycles. The van der Waals surface area contributed by atoms with E-state index in [1.807, 2.05) is 0 Å². The second-order valence-electron chi connectivity index (χ2n) is 4.15. The molecule has 19 heavy (non-hydrogen) atoms. The number of benzene rings is 1. The van der Waals surface area contributed by atoms with Crippen molar-refractivity contribution in [3.8, 4) is 0 Å². The Balaban J connectivity index is 2.34. The van der Waals surface area contributed by atoms with Gasteiger partial charge in [0.2, 0.25) is 0 Å². The number of carboxylic acid groups (broad SMARTS) is 2. The maximum Gasteiger partial charge on any atom is 0.409 e. The van der Waals surface area contributed by atoms with Crippen molar-refractivity contribution in [2.75, 3.05) is 5.32 Å². The van der Waals surface area contributed by atoms with Gasteiger partial charge >= 0.3 is 12.1 Å². The molecule has 7 nitrogen and oxygen atoms in total. The van der Waals surface area contributed by atoms with E-state index in [0.717, 1.165) is 16.5 Å². The monoisotopic (exact) mass is 263 g/mol. The predicted molar refractivity (Wildman–Crippen MR) is 69.3 cm³/mol. The zero-order valence-corrected chi connectivity index (χ0v) is 9.88. The van der Waals surface area contributed by atoms with Crippen molar-refractivity contribution in [2.45, 2.75) is 12.5 Å². The van der Waals surface area contributed by atoms with Crippen LogP contribution in [0.25, 0.3) is 10.9 Å². The molecule has 0 radical (unpaired) electrons. The second kappa shape index (κ2) is 4.99. The summed E-state index contributed by atoms with van der Waals surface area (Å²) in [4.78, 5) is 24.3. The van der Waals surface area contributed by atoms with E-state index in [9.17, 15) is 9.59 Å². The van der Waals surface area contributed by atoms with Crippen LogP contribution in [-0.2, 0) is 11.2 Å². The summed E-state index contributed by atoms with van der Waals surface area (Å²) in [6.07, 6.45) is 0.697. The number of nitrogens with one attached hydrogen (secondary N) is 2. The van der Waals surface area contributed by atoms with Gasteiger partial charge in [-0.2, -0.15) is 0 Å². The van der Waals surface area contributed by atoms with Gasteiger partial charge in [0.15, 0.2) is 0 Å². The molecule has 6 N–H and O–H groups in total. The molecule has 0 bridgehead atoms. The van der Waals surface area contributed by atoms with Gasteiger partial charge < -0.3 is 20.9 Å². The van der Waals surface area contributed by atoms with Crippen molar-refractivity contribution in [3.63, 3.8) is 0 Å². The molecule has 0 saturated heterocycles. The highest BCUT2D eigenvalue weighted by Crippen LogP contribution is 2.23. The summed E-state index contributed by atoms with van der Waals surface area (Å²) in [6, 6.07) is 3.99. The third-order valence-corrected chi connectivity index (χ3v) is 2.78. The van der Waals surface area contributed by atoms with Gasteiger partial charge in [-0.3, -0.25) is 10.1 Å². The Morgan fingerprint density at radius 2 is 2.11 bits per heavy atom. The number of carboxylic acids is 1. The molecular weight excluding hydrogens is 250 g/mol. The standard InChI is InChI=1S/C12H13N3O4/c13-9(11(16)17)3-6-5-14-10-2-1-7(4-8(6)10)15-12(18)19/h1-2,4-5,9,14-15H,3,13H2,(H,16,17)(H,18,19). The lowest BCUT2D eigenvalue weighted by Crippen LogP contribution is -2.32. The van der Waals surface area contributed by atoms with E-state index in [1.54, 1.807) is 24.4 Å². The third-order valence-electron chi connectivity index (χ3n) is 2.78. The van der Waals surface area contributed by atoms with Gasteiger partial charge in [0, 0.05) is 29.2 Å². The average Bonchev–Trinajstić information content (AvgIpc) is 2.71. The van der Waals surface area contributed by atoms with Crippen molar-refractivity contribution in [1.29, 1.82) is 0 Å². The lowest BCUT2D eigenvalue weighted by Gasteiger charge is -2.06. The van der Waals surface area contributed by atoms with Gasteiger partial charge in [-0.05, 0) is 23.8 Å². The number of amides is 1. The summed E-state index contributed by atoms with van der Waals surface area (Å²) < 4.78 is 0. The SMILES string of the molecule is NC(Cc1c[nH]c2ccc(NC(=O)O)cc12)C(=O)O. The van der Waals surface area contributed by atoms with Crippen LogP contribution in [-0.4, -0.2) is 33.3 Å². The average molecular weight is 263 g/mol. The highest BCUT2D eigenvalue weighted by Gasteiger charge is 2.15. The van der Waals surface area contributed by atoms with Crippen molar-refractivity contribution < 1.29 is 19.8 Å². The van der Waals surface area contributed by atoms with E-state index in [0.29, 0.717) is 5.69 Å². The smallest absolute Gasteiger partial charge is 0.409 e. The minimum absolute atomic E-state index is 0.172. The van der Waals surface area contributed by atoms with E-state index in [2.05, 4.69) is 10.3 Å². The maximum absolute atomic E-state index is 10.7. The molecule has 0 aliphatic carbocycles. The molecule has 1 unspecified atom stereocenters. The van der Waals surface area contributed by atoms with Crippen LogP contribution in [0.2, 0.25) is 0 Å². The van der Waals surface area contributed by atoms with Crippen molar-refractivity contribution in [1.82, 2.24) is 4.98 Å². The third kappa shape index (κ3) is 2.83. The van der Waals surface area contributed by atoms with Crippen LogP contribution in [0.15, 0.2) is 24.4 Å². The largest absolute Gasteiger partial charge is 0.480 e. The first-order chi connectivity index (χ1) is 8.97. The summed E-state index contributed by atoms with van der Waals surface area (Å²) in [7, 11) is 0. The Labute approximate surface area is 108 Å². The van der Waals surface area contributed by atoms with Crippen LogP contribution in [0.3, 0.4) is 0 Å². The molecule has 1 heterocycles. The van der Waals surface area contributed by atoms with E-state index in [4.69, 9.17) is 15.9 Å². The van der Waals surface area contributed by atoms with Gasteiger partial charge in [0.1, 0.15) is 6.04 Å². The van der Waals surface area contributed by atoms with Crippen molar-refractivity contribution in [3.05, 3.63) is 30.0 Å². The normalized spacial score (nSPS) is 12.3. The second-order valence-corrected chi connectivity index (χ2v) is 4.15. The minimum atomic E-state index is -1.15. The topological polar surface area (TPSA) is 128 Å².